The van der Waals surface area contributed by atoms with E-state index in [1.54, 1.807) is 0 Å². The monoisotopic (exact) mass is 765 g/mol. The van der Waals surface area contributed by atoms with E-state index in [1.807, 2.05) is 109 Å². The van der Waals surface area contributed by atoms with Gasteiger partial charge < -0.3 is 8.98 Å². The Hall–Kier alpha value is -8.58. The molecule has 0 unspecified atom stereocenters. The number of benzene rings is 8. The van der Waals surface area contributed by atoms with Crippen molar-refractivity contribution in [3.63, 3.8) is 0 Å². The molecule has 0 aliphatic heterocycles. The summed E-state index contributed by atoms with van der Waals surface area (Å²) >= 11 is 0. The second-order valence-electron chi connectivity index (χ2n) is 14.8. The first-order chi connectivity index (χ1) is 29.6. The van der Waals surface area contributed by atoms with Crippen molar-refractivity contribution in [3.05, 3.63) is 205 Å². The fourth-order valence-corrected chi connectivity index (χ4v) is 8.51. The van der Waals surface area contributed by atoms with Gasteiger partial charge in [0.25, 0.3) is 0 Å². The van der Waals surface area contributed by atoms with Crippen LogP contribution in [0.25, 0.3) is 110 Å². The van der Waals surface area contributed by atoms with Crippen LogP contribution < -0.4 is 0 Å². The summed E-state index contributed by atoms with van der Waals surface area (Å²) in [5, 5.41) is 14.4. The van der Waals surface area contributed by atoms with Crippen LogP contribution in [0.5, 0.6) is 0 Å². The van der Waals surface area contributed by atoms with E-state index in [1.165, 1.54) is 0 Å². The van der Waals surface area contributed by atoms with Crippen LogP contribution in [-0.4, -0.2) is 14.5 Å². The van der Waals surface area contributed by atoms with Crippen LogP contribution in [0.4, 0.5) is 5.69 Å². The first-order valence-corrected chi connectivity index (χ1v) is 19.7. The molecule has 60 heavy (non-hydrogen) atoms. The minimum absolute atomic E-state index is 0.530. The first-order valence-electron chi connectivity index (χ1n) is 19.7. The van der Waals surface area contributed by atoms with Crippen LogP contribution in [0.3, 0.4) is 0 Å². The molecule has 0 bridgehead atoms. The van der Waals surface area contributed by atoms with Gasteiger partial charge in [-0.1, -0.05) is 127 Å². The molecule has 278 valence electrons. The SMILES string of the molecule is [C-]#[N+]c1cccc(-c2cc(-c3cc(-c4ccccc4)nc(-c4ccccc4)n3)cc(-c3cccc(C#N)c3)c2-n2c3ccccc3c3c4oc5ccccc5c4ccc32)c1. The summed E-state index contributed by atoms with van der Waals surface area (Å²) in [6, 6.07) is 65.4. The molecule has 11 aromatic rings. The number of nitrogens with zero attached hydrogens (tertiary/aromatic N) is 5. The van der Waals surface area contributed by atoms with E-state index in [-0.39, 0.29) is 0 Å². The van der Waals surface area contributed by atoms with Crippen LogP contribution in [-0.2, 0) is 0 Å². The van der Waals surface area contributed by atoms with Crippen molar-refractivity contribution in [2.24, 2.45) is 0 Å². The molecule has 6 nitrogen and oxygen atoms in total. The molecule has 0 saturated heterocycles. The molecule has 3 aromatic heterocycles. The molecule has 0 fully saturated rings. The van der Waals surface area contributed by atoms with Crippen molar-refractivity contribution in [3.8, 4) is 67.9 Å². The molecule has 0 amide bonds. The van der Waals surface area contributed by atoms with Crippen LogP contribution in [0.2, 0.25) is 0 Å². The number of aromatic nitrogens is 3. The molecule has 0 N–H and O–H groups in total. The molecule has 0 saturated carbocycles. The Morgan fingerprint density at radius 3 is 1.90 bits per heavy atom. The second-order valence-corrected chi connectivity index (χ2v) is 14.8. The van der Waals surface area contributed by atoms with Crippen LogP contribution in [0.15, 0.2) is 192 Å². The van der Waals surface area contributed by atoms with E-state index in [2.05, 4.69) is 94.3 Å². The van der Waals surface area contributed by atoms with E-state index >= 15 is 0 Å². The third kappa shape index (κ3) is 5.71. The zero-order valence-corrected chi connectivity index (χ0v) is 32.0. The van der Waals surface area contributed by atoms with Gasteiger partial charge in [-0.3, -0.25) is 0 Å². The van der Waals surface area contributed by atoms with Gasteiger partial charge in [-0.05, 0) is 71.8 Å². The summed E-state index contributed by atoms with van der Waals surface area (Å²) < 4.78 is 9.01. The smallest absolute Gasteiger partial charge is 0.187 e. The third-order valence-electron chi connectivity index (χ3n) is 11.2. The summed E-state index contributed by atoms with van der Waals surface area (Å²) in [5.41, 5.74) is 13.4. The van der Waals surface area contributed by atoms with Crippen LogP contribution in [0.1, 0.15) is 5.56 Å². The van der Waals surface area contributed by atoms with Gasteiger partial charge in [0.2, 0.25) is 0 Å². The molecule has 3 heterocycles. The van der Waals surface area contributed by atoms with Gasteiger partial charge in [0.15, 0.2) is 11.5 Å². The van der Waals surface area contributed by atoms with Crippen molar-refractivity contribution in [2.75, 3.05) is 0 Å². The highest BCUT2D eigenvalue weighted by molar-refractivity contribution is 6.24. The number of hydrogen-bond acceptors (Lipinski definition) is 4. The number of nitriles is 1. The van der Waals surface area contributed by atoms with Crippen LogP contribution in [0, 0.1) is 17.9 Å². The minimum Gasteiger partial charge on any atom is -0.455 e. The van der Waals surface area contributed by atoms with E-state index in [9.17, 15) is 5.26 Å². The molecular formula is C54H31N5O. The Morgan fingerprint density at radius 1 is 0.517 bits per heavy atom. The van der Waals surface area contributed by atoms with Crippen molar-refractivity contribution in [1.29, 1.82) is 5.26 Å². The van der Waals surface area contributed by atoms with E-state index in [0.29, 0.717) is 17.1 Å². The maximum atomic E-state index is 10.2. The van der Waals surface area contributed by atoms with Crippen LogP contribution >= 0.6 is 0 Å². The fourth-order valence-electron chi connectivity index (χ4n) is 8.51. The lowest BCUT2D eigenvalue weighted by molar-refractivity contribution is 0.673. The zero-order valence-electron chi connectivity index (χ0n) is 32.0. The summed E-state index contributed by atoms with van der Waals surface area (Å²) in [7, 11) is 0. The van der Waals surface area contributed by atoms with E-state index in [4.69, 9.17) is 21.0 Å². The second kappa shape index (κ2) is 14.1. The average molecular weight is 766 g/mol. The number of hydrogen-bond donors (Lipinski definition) is 0. The first kappa shape index (κ1) is 34.7. The van der Waals surface area contributed by atoms with Gasteiger partial charge in [0.1, 0.15) is 11.2 Å². The van der Waals surface area contributed by atoms with Gasteiger partial charge in [0, 0.05) is 44.0 Å². The lowest BCUT2D eigenvalue weighted by Gasteiger charge is -2.21. The molecule has 0 aliphatic rings. The van der Waals surface area contributed by atoms with Gasteiger partial charge in [-0.15, -0.1) is 0 Å². The number of furan rings is 1. The van der Waals surface area contributed by atoms with Gasteiger partial charge in [0.05, 0.1) is 51.7 Å². The standard InChI is InChI=1S/C54H31N5O/c1-56-40-21-13-20-38(29-40)45-31-39(47-32-46(35-15-4-2-5-16-35)57-54(58-47)36-17-6-3-7-18-36)30-44(37-19-12-14-34(28-37)33-55)52(45)59-48-24-10-8-23-43(48)51-49(59)27-26-42-41-22-9-11-25-50(41)60-53(42)51/h2-32H. The van der Waals surface area contributed by atoms with Crippen molar-refractivity contribution < 1.29 is 4.42 Å². The zero-order chi connectivity index (χ0) is 40.2. The maximum absolute atomic E-state index is 10.2. The average Bonchev–Trinajstić information content (AvgIpc) is 3.87. The highest BCUT2D eigenvalue weighted by Gasteiger charge is 2.25. The molecule has 0 atom stereocenters. The highest BCUT2D eigenvalue weighted by atomic mass is 16.3. The predicted octanol–water partition coefficient (Wildman–Crippen LogP) is 14.2. The molecule has 0 spiro atoms. The molecule has 8 aromatic carbocycles. The summed E-state index contributed by atoms with van der Waals surface area (Å²) in [5.74, 6) is 0.609. The Morgan fingerprint density at radius 2 is 1.15 bits per heavy atom. The largest absolute Gasteiger partial charge is 0.455 e. The molecule has 0 aliphatic carbocycles. The molecular weight excluding hydrogens is 735 g/mol. The Bertz CT molecular complexity index is 3430. The summed E-state index contributed by atoms with van der Waals surface area (Å²) in [6.07, 6.45) is 0. The Kier molecular flexibility index (Phi) is 8.15. The highest BCUT2D eigenvalue weighted by Crippen LogP contribution is 2.47. The normalized spacial score (nSPS) is 11.3. The third-order valence-corrected chi connectivity index (χ3v) is 11.2. The quantitative estimate of drug-likeness (QED) is 0.158. The number of para-hydroxylation sites is 2. The van der Waals surface area contributed by atoms with E-state index < -0.39 is 0 Å². The maximum Gasteiger partial charge on any atom is 0.187 e. The number of rotatable bonds is 6. The van der Waals surface area contributed by atoms with Crippen molar-refractivity contribution >= 4 is 49.4 Å². The number of fused-ring (bicyclic) bond motifs is 7. The van der Waals surface area contributed by atoms with Gasteiger partial charge in [-0.25, -0.2) is 14.8 Å². The predicted molar refractivity (Wildman–Crippen MR) is 242 cm³/mol. The molecule has 6 heteroatoms. The Labute approximate surface area is 345 Å². The van der Waals surface area contributed by atoms with Gasteiger partial charge in [-0.2, -0.15) is 5.26 Å². The minimum atomic E-state index is 0.530. The topological polar surface area (TPSA) is 72.0 Å². The molecule has 0 radical (unpaired) electrons. The molecule has 11 rings (SSSR count). The lowest BCUT2D eigenvalue weighted by Crippen LogP contribution is -2.03. The summed E-state index contributed by atoms with van der Waals surface area (Å²) in [4.78, 5) is 14.2. The fraction of sp³-hybridized carbons (Fsp3) is 0. The Balaban J connectivity index is 1.29. The summed E-state index contributed by atoms with van der Waals surface area (Å²) in [6.45, 7) is 8.01. The van der Waals surface area contributed by atoms with E-state index in [0.717, 1.165) is 99.8 Å². The van der Waals surface area contributed by atoms with Crippen molar-refractivity contribution in [1.82, 2.24) is 14.5 Å². The van der Waals surface area contributed by atoms with Gasteiger partial charge >= 0.3 is 0 Å². The lowest BCUT2D eigenvalue weighted by atomic mass is 9.91. The van der Waals surface area contributed by atoms with Crippen molar-refractivity contribution in [2.45, 2.75) is 0 Å².